The highest BCUT2D eigenvalue weighted by Gasteiger charge is 2.17. The number of amides is 2. The minimum Gasteiger partial charge on any atom is -0.444 e. The Balaban J connectivity index is 1.39. The summed E-state index contributed by atoms with van der Waals surface area (Å²) in [5.41, 5.74) is 2.92. The molecule has 0 atom stereocenters. The number of hydrogen-bond acceptors (Lipinski definition) is 4. The Morgan fingerprint density at radius 3 is 2.34 bits per heavy atom. The number of hydrogen-bond donors (Lipinski definition) is 2. The number of rotatable bonds is 8. The van der Waals surface area contributed by atoms with Crippen molar-refractivity contribution in [3.05, 3.63) is 78.1 Å². The summed E-state index contributed by atoms with van der Waals surface area (Å²) in [4.78, 5) is 29.6. The van der Waals surface area contributed by atoms with Crippen molar-refractivity contribution in [2.24, 2.45) is 0 Å². The van der Waals surface area contributed by atoms with E-state index in [0.29, 0.717) is 25.3 Å². The molecule has 0 saturated carbocycles. The zero-order valence-electron chi connectivity index (χ0n) is 20.5. The summed E-state index contributed by atoms with van der Waals surface area (Å²) in [6.07, 6.45) is 1.06. The maximum atomic E-state index is 13.1. The largest absolute Gasteiger partial charge is 0.444 e. The van der Waals surface area contributed by atoms with Crippen LogP contribution in [0.1, 0.15) is 49.8 Å². The number of alkyl carbamates (subject to hydrolysis) is 1. The monoisotopic (exact) mass is 472 g/mol. The minimum absolute atomic E-state index is 0.123. The van der Waals surface area contributed by atoms with Gasteiger partial charge >= 0.3 is 6.09 Å². The average Bonchev–Trinajstić information content (AvgIpc) is 3.18. The second kappa shape index (κ2) is 10.6. The molecule has 35 heavy (non-hydrogen) atoms. The fourth-order valence-electron chi connectivity index (χ4n) is 3.97. The Labute approximate surface area is 205 Å². The molecule has 2 aromatic carbocycles. The van der Waals surface area contributed by atoms with E-state index in [9.17, 15) is 9.59 Å². The van der Waals surface area contributed by atoms with E-state index in [1.807, 2.05) is 86.0 Å². The van der Waals surface area contributed by atoms with E-state index in [1.165, 1.54) is 0 Å². The zero-order chi connectivity index (χ0) is 24.8. The predicted octanol–water partition coefficient (Wildman–Crippen LogP) is 5.27. The predicted molar refractivity (Wildman–Crippen MR) is 139 cm³/mol. The van der Waals surface area contributed by atoms with Crippen molar-refractivity contribution in [1.82, 2.24) is 20.2 Å². The molecule has 0 spiro atoms. The molecule has 4 rings (SSSR count). The number of ether oxygens (including phenoxy) is 1. The Morgan fingerprint density at radius 1 is 0.886 bits per heavy atom. The van der Waals surface area contributed by atoms with Gasteiger partial charge in [-0.3, -0.25) is 9.78 Å². The molecule has 2 aromatic heterocycles. The van der Waals surface area contributed by atoms with E-state index in [4.69, 9.17) is 9.72 Å². The number of fused-ring (bicyclic) bond motifs is 2. The van der Waals surface area contributed by atoms with Crippen molar-refractivity contribution < 1.29 is 14.3 Å². The van der Waals surface area contributed by atoms with Gasteiger partial charge in [0.15, 0.2) is 0 Å². The topological polar surface area (TPSA) is 85.3 Å². The molecule has 0 unspecified atom stereocenters. The van der Waals surface area contributed by atoms with Crippen LogP contribution < -0.4 is 10.6 Å². The molecule has 7 nitrogen and oxygen atoms in total. The van der Waals surface area contributed by atoms with E-state index in [-0.39, 0.29) is 5.91 Å². The molecule has 0 bridgehead atoms. The smallest absolute Gasteiger partial charge is 0.407 e. The van der Waals surface area contributed by atoms with Gasteiger partial charge in [-0.25, -0.2) is 4.79 Å². The summed E-state index contributed by atoms with van der Waals surface area (Å²) in [6, 6.07) is 22.0. The molecule has 0 aliphatic carbocycles. The van der Waals surface area contributed by atoms with Crippen molar-refractivity contribution in [3.63, 3.8) is 0 Å². The lowest BCUT2D eigenvalue weighted by Gasteiger charge is -2.19. The molecule has 0 fully saturated rings. The van der Waals surface area contributed by atoms with Crippen LogP contribution in [0.4, 0.5) is 4.79 Å². The highest BCUT2D eigenvalue weighted by atomic mass is 16.6. The number of carbonyl (C=O) groups is 2. The van der Waals surface area contributed by atoms with Gasteiger partial charge in [-0.15, -0.1) is 0 Å². The summed E-state index contributed by atoms with van der Waals surface area (Å²) >= 11 is 0. The minimum atomic E-state index is -0.515. The van der Waals surface area contributed by atoms with E-state index in [2.05, 4.69) is 16.7 Å². The first-order chi connectivity index (χ1) is 16.8. The molecule has 0 aliphatic rings. The third-order valence-corrected chi connectivity index (χ3v) is 5.58. The third kappa shape index (κ3) is 6.38. The second-order valence-electron chi connectivity index (χ2n) is 9.56. The first kappa shape index (κ1) is 24.3. The quantitative estimate of drug-likeness (QED) is 0.342. The lowest BCUT2D eigenvalue weighted by molar-refractivity contribution is 0.0526. The van der Waals surface area contributed by atoms with Gasteiger partial charge in [-0.05, 0) is 57.9 Å². The molecule has 2 heterocycles. The molecular formula is C28H32N4O3. The van der Waals surface area contributed by atoms with Gasteiger partial charge in [0, 0.05) is 29.4 Å². The molecular weight excluding hydrogens is 440 g/mol. The molecule has 7 heteroatoms. The van der Waals surface area contributed by atoms with Crippen LogP contribution in [-0.2, 0) is 11.3 Å². The summed E-state index contributed by atoms with van der Waals surface area (Å²) in [5.74, 6) is -0.123. The van der Waals surface area contributed by atoms with Crippen molar-refractivity contribution in [1.29, 1.82) is 0 Å². The number of nitrogens with one attached hydrogen (secondary N) is 2. The normalized spacial score (nSPS) is 11.5. The SMILES string of the molecule is CC(C)(C)OC(=O)NCCCCNC(=O)c1cc2ccccc2n1Cc1ccc2ccccc2n1. The molecule has 182 valence electrons. The Hall–Kier alpha value is -3.87. The first-order valence-electron chi connectivity index (χ1n) is 12.0. The molecule has 0 aliphatic heterocycles. The van der Waals surface area contributed by atoms with Crippen molar-refractivity contribution in [3.8, 4) is 0 Å². The van der Waals surface area contributed by atoms with Gasteiger partial charge in [0.2, 0.25) is 0 Å². The lowest BCUT2D eigenvalue weighted by atomic mass is 10.2. The summed E-state index contributed by atoms with van der Waals surface area (Å²) in [6.45, 7) is 7.01. The third-order valence-electron chi connectivity index (χ3n) is 5.58. The van der Waals surface area contributed by atoms with Crippen molar-refractivity contribution in [2.45, 2.75) is 45.8 Å². The number of nitrogens with zero attached hydrogens (tertiary/aromatic N) is 2. The van der Waals surface area contributed by atoms with Gasteiger partial charge in [0.25, 0.3) is 5.91 Å². The number of para-hydroxylation sites is 2. The van der Waals surface area contributed by atoms with Gasteiger partial charge in [0.05, 0.1) is 17.8 Å². The molecule has 0 radical (unpaired) electrons. The molecule has 0 saturated heterocycles. The summed E-state index contributed by atoms with van der Waals surface area (Å²) in [5, 5.41) is 7.86. The van der Waals surface area contributed by atoms with E-state index in [1.54, 1.807) is 0 Å². The maximum absolute atomic E-state index is 13.1. The van der Waals surface area contributed by atoms with E-state index in [0.717, 1.165) is 40.3 Å². The number of unbranched alkanes of at least 4 members (excludes halogenated alkanes) is 1. The van der Waals surface area contributed by atoms with Crippen molar-refractivity contribution in [2.75, 3.05) is 13.1 Å². The summed E-state index contributed by atoms with van der Waals surface area (Å²) in [7, 11) is 0. The Kier molecular flexibility index (Phi) is 7.34. The van der Waals surface area contributed by atoms with E-state index < -0.39 is 11.7 Å². The van der Waals surface area contributed by atoms with Crippen LogP contribution in [0.25, 0.3) is 21.8 Å². The lowest BCUT2D eigenvalue weighted by Crippen LogP contribution is -2.33. The fraction of sp³-hybridized carbons (Fsp3) is 0.321. The van der Waals surface area contributed by atoms with Crippen LogP contribution >= 0.6 is 0 Å². The second-order valence-corrected chi connectivity index (χ2v) is 9.56. The Morgan fingerprint density at radius 2 is 1.57 bits per heavy atom. The highest BCUT2D eigenvalue weighted by molar-refractivity contribution is 5.98. The average molecular weight is 473 g/mol. The Bertz CT molecular complexity index is 1340. The zero-order valence-corrected chi connectivity index (χ0v) is 20.5. The molecule has 2 N–H and O–H groups in total. The number of carbonyl (C=O) groups excluding carboxylic acids is 2. The number of pyridine rings is 1. The van der Waals surface area contributed by atoms with Crippen LogP contribution in [0.5, 0.6) is 0 Å². The number of aromatic nitrogens is 2. The van der Waals surface area contributed by atoms with Crippen molar-refractivity contribution >= 4 is 33.8 Å². The van der Waals surface area contributed by atoms with Gasteiger partial charge in [-0.1, -0.05) is 42.5 Å². The van der Waals surface area contributed by atoms with Crippen LogP contribution in [0.3, 0.4) is 0 Å². The van der Waals surface area contributed by atoms with Crippen LogP contribution in [0, 0.1) is 0 Å². The fourth-order valence-corrected chi connectivity index (χ4v) is 3.97. The summed E-state index contributed by atoms with van der Waals surface area (Å²) < 4.78 is 7.25. The van der Waals surface area contributed by atoms with E-state index >= 15 is 0 Å². The number of benzene rings is 2. The first-order valence-corrected chi connectivity index (χ1v) is 12.0. The molecule has 4 aromatic rings. The molecule has 2 amide bonds. The highest BCUT2D eigenvalue weighted by Crippen LogP contribution is 2.22. The van der Waals surface area contributed by atoms with Crippen LogP contribution in [-0.4, -0.2) is 40.2 Å². The van der Waals surface area contributed by atoms with Crippen LogP contribution in [0.2, 0.25) is 0 Å². The standard InChI is InChI=1S/C28H32N4O3/c1-28(2,3)35-27(34)30-17-9-8-16-29-26(33)25-18-21-11-5-7-13-24(21)32(25)19-22-15-14-20-10-4-6-12-23(20)31-22/h4-7,10-15,18H,8-9,16-17,19H2,1-3H3,(H,29,33)(H,30,34). The van der Waals surface area contributed by atoms with Gasteiger partial charge < -0.3 is 19.9 Å². The van der Waals surface area contributed by atoms with Gasteiger partial charge in [0.1, 0.15) is 11.3 Å². The van der Waals surface area contributed by atoms with Gasteiger partial charge in [-0.2, -0.15) is 0 Å². The van der Waals surface area contributed by atoms with Crippen LogP contribution in [0.15, 0.2) is 66.7 Å². The maximum Gasteiger partial charge on any atom is 0.407 e.